The Morgan fingerprint density at radius 1 is 1.20 bits per heavy atom. The minimum atomic E-state index is -0.305. The fourth-order valence-corrected chi connectivity index (χ4v) is 4.26. The van der Waals surface area contributed by atoms with Gasteiger partial charge in [0.15, 0.2) is 11.4 Å². The average Bonchev–Trinajstić information content (AvgIpc) is 3.29. The molecule has 156 valence electrons. The summed E-state index contributed by atoms with van der Waals surface area (Å²) < 4.78 is 7.25. The van der Waals surface area contributed by atoms with Crippen LogP contribution in [-0.2, 0) is 0 Å². The lowest BCUT2D eigenvalue weighted by Gasteiger charge is -2.17. The van der Waals surface area contributed by atoms with Crippen molar-refractivity contribution in [3.8, 4) is 5.75 Å². The van der Waals surface area contributed by atoms with Crippen LogP contribution in [0.15, 0.2) is 30.9 Å². The molecule has 2 fully saturated rings. The third-order valence-electron chi connectivity index (χ3n) is 5.96. The number of nitrogens with one attached hydrogen (secondary N) is 1. The summed E-state index contributed by atoms with van der Waals surface area (Å²) in [7, 11) is 1.59. The summed E-state index contributed by atoms with van der Waals surface area (Å²) in [6.07, 6.45) is 12.3. The highest BCUT2D eigenvalue weighted by Gasteiger charge is 2.30. The molecule has 30 heavy (non-hydrogen) atoms. The zero-order valence-corrected chi connectivity index (χ0v) is 17.3. The van der Waals surface area contributed by atoms with E-state index in [0.29, 0.717) is 17.1 Å². The molecule has 0 aromatic carbocycles. The Bertz CT molecular complexity index is 1070. The molecular formula is C22H26N6O2. The molecule has 8 heteroatoms. The van der Waals surface area contributed by atoms with E-state index in [1.807, 2.05) is 23.7 Å². The highest BCUT2D eigenvalue weighted by Crippen LogP contribution is 2.38. The second kappa shape index (κ2) is 7.59. The fourth-order valence-electron chi connectivity index (χ4n) is 4.26. The predicted molar refractivity (Wildman–Crippen MR) is 114 cm³/mol. The van der Waals surface area contributed by atoms with Gasteiger partial charge in [-0.25, -0.2) is 15.0 Å². The maximum atomic E-state index is 12.7. The molecule has 3 aromatic rings. The van der Waals surface area contributed by atoms with Crippen molar-refractivity contribution in [3.05, 3.63) is 42.2 Å². The Kier molecular flexibility index (Phi) is 4.77. The van der Waals surface area contributed by atoms with Gasteiger partial charge < -0.3 is 19.4 Å². The van der Waals surface area contributed by atoms with E-state index in [0.717, 1.165) is 36.4 Å². The highest BCUT2D eigenvalue weighted by atomic mass is 16.5. The Balaban J connectivity index is 1.27. The third-order valence-corrected chi connectivity index (χ3v) is 5.96. The SMILES string of the molecule is COc1cc(NC(=O)c2cnc(N3CC[C@@H](CC4CC4)C3)cn2)cn2cc(C)nc12. The van der Waals surface area contributed by atoms with Crippen molar-refractivity contribution < 1.29 is 9.53 Å². The molecule has 5 rings (SSSR count). The molecule has 3 aromatic heterocycles. The van der Waals surface area contributed by atoms with Crippen molar-refractivity contribution in [2.24, 2.45) is 11.8 Å². The van der Waals surface area contributed by atoms with Crippen LogP contribution in [0.2, 0.25) is 0 Å². The molecule has 4 heterocycles. The summed E-state index contributed by atoms with van der Waals surface area (Å²) in [5.41, 5.74) is 2.48. The number of carbonyl (C=O) groups is 1. The number of fused-ring (bicyclic) bond motifs is 1. The van der Waals surface area contributed by atoms with Crippen LogP contribution in [-0.4, -0.2) is 45.5 Å². The zero-order chi connectivity index (χ0) is 20.7. The topological polar surface area (TPSA) is 84.6 Å². The number of aryl methyl sites for hydroxylation is 1. The Morgan fingerprint density at radius 2 is 2.07 bits per heavy atom. The molecule has 0 radical (unpaired) electrons. The van der Waals surface area contributed by atoms with E-state index in [4.69, 9.17) is 4.74 Å². The number of methoxy groups -OCH3 is 1. The van der Waals surface area contributed by atoms with E-state index in [1.165, 1.54) is 25.7 Å². The van der Waals surface area contributed by atoms with Gasteiger partial charge in [0.05, 0.1) is 30.9 Å². The van der Waals surface area contributed by atoms with Crippen LogP contribution in [0.3, 0.4) is 0 Å². The normalized spacial score (nSPS) is 18.7. The number of carbonyl (C=O) groups excluding carboxylic acids is 1. The van der Waals surface area contributed by atoms with Gasteiger partial charge in [-0.1, -0.05) is 12.8 Å². The van der Waals surface area contributed by atoms with Crippen LogP contribution in [0, 0.1) is 18.8 Å². The molecule has 1 atom stereocenters. The second-order valence-corrected chi connectivity index (χ2v) is 8.40. The lowest BCUT2D eigenvalue weighted by molar-refractivity contribution is 0.102. The molecule has 0 bridgehead atoms. The lowest BCUT2D eigenvalue weighted by Crippen LogP contribution is -2.22. The first kappa shape index (κ1) is 18.8. The standard InChI is InChI=1S/C22H26N6O2/c1-14-11-28-13-17(8-19(30-2)21(28)25-14)26-22(29)18-9-24-20(10-23-18)27-6-5-16(12-27)7-15-3-4-15/h8-11,13,15-16H,3-7,12H2,1-2H3,(H,26,29)/t16-/m0/s1. The minimum Gasteiger partial charge on any atom is -0.493 e. The first-order chi connectivity index (χ1) is 14.6. The summed E-state index contributed by atoms with van der Waals surface area (Å²) in [5, 5.41) is 2.88. The van der Waals surface area contributed by atoms with E-state index >= 15 is 0 Å². The van der Waals surface area contributed by atoms with Crippen molar-refractivity contribution >= 4 is 23.1 Å². The van der Waals surface area contributed by atoms with Crippen LogP contribution in [0.4, 0.5) is 11.5 Å². The number of anilines is 2. The summed E-state index contributed by atoms with van der Waals surface area (Å²) in [5.74, 6) is 2.86. The average molecular weight is 406 g/mol. The summed E-state index contributed by atoms with van der Waals surface area (Å²) >= 11 is 0. The van der Waals surface area contributed by atoms with Gasteiger partial charge in [0.2, 0.25) is 0 Å². The number of hydrogen-bond donors (Lipinski definition) is 1. The first-order valence-electron chi connectivity index (χ1n) is 10.5. The van der Waals surface area contributed by atoms with Crippen molar-refractivity contribution in [2.45, 2.75) is 32.6 Å². The molecule has 8 nitrogen and oxygen atoms in total. The number of nitrogens with zero attached hydrogens (tertiary/aromatic N) is 5. The molecular weight excluding hydrogens is 380 g/mol. The summed E-state index contributed by atoms with van der Waals surface area (Å²) in [6.45, 7) is 3.97. The van der Waals surface area contributed by atoms with Gasteiger partial charge in [-0.3, -0.25) is 4.79 Å². The second-order valence-electron chi connectivity index (χ2n) is 8.40. The van der Waals surface area contributed by atoms with E-state index in [2.05, 4.69) is 25.2 Å². The summed E-state index contributed by atoms with van der Waals surface area (Å²) in [6, 6.07) is 1.76. The maximum absolute atomic E-state index is 12.7. The van der Waals surface area contributed by atoms with Crippen LogP contribution >= 0.6 is 0 Å². The molecule has 1 aliphatic heterocycles. The van der Waals surface area contributed by atoms with Gasteiger partial charge in [0.25, 0.3) is 5.91 Å². The highest BCUT2D eigenvalue weighted by molar-refractivity contribution is 6.02. The van der Waals surface area contributed by atoms with E-state index < -0.39 is 0 Å². The molecule has 1 amide bonds. The minimum absolute atomic E-state index is 0.286. The van der Waals surface area contributed by atoms with Gasteiger partial charge >= 0.3 is 0 Å². The van der Waals surface area contributed by atoms with Gasteiger partial charge in [0.1, 0.15) is 11.5 Å². The number of amides is 1. The van der Waals surface area contributed by atoms with Crippen LogP contribution in [0.25, 0.3) is 5.65 Å². The maximum Gasteiger partial charge on any atom is 0.275 e. The number of pyridine rings is 1. The third kappa shape index (κ3) is 3.81. The molecule has 1 saturated carbocycles. The van der Waals surface area contributed by atoms with E-state index in [-0.39, 0.29) is 11.6 Å². The van der Waals surface area contributed by atoms with E-state index in [9.17, 15) is 4.79 Å². The number of hydrogen-bond acceptors (Lipinski definition) is 6. The van der Waals surface area contributed by atoms with Gasteiger partial charge in [-0.05, 0) is 31.6 Å². The van der Waals surface area contributed by atoms with Crippen LogP contribution in [0.1, 0.15) is 41.9 Å². The first-order valence-corrected chi connectivity index (χ1v) is 10.5. The Morgan fingerprint density at radius 3 is 2.80 bits per heavy atom. The van der Waals surface area contributed by atoms with Crippen molar-refractivity contribution in [1.29, 1.82) is 0 Å². The molecule has 1 saturated heterocycles. The quantitative estimate of drug-likeness (QED) is 0.676. The molecule has 2 aliphatic rings. The monoisotopic (exact) mass is 406 g/mol. The molecule has 1 aliphatic carbocycles. The van der Waals surface area contributed by atoms with Gasteiger partial charge in [-0.2, -0.15) is 0 Å². The summed E-state index contributed by atoms with van der Waals surface area (Å²) in [4.78, 5) is 28.2. The molecule has 0 unspecified atom stereocenters. The molecule has 0 spiro atoms. The number of aromatic nitrogens is 4. The van der Waals surface area contributed by atoms with Crippen molar-refractivity contribution in [1.82, 2.24) is 19.4 Å². The largest absolute Gasteiger partial charge is 0.493 e. The van der Waals surface area contributed by atoms with Crippen LogP contribution < -0.4 is 15.0 Å². The van der Waals surface area contributed by atoms with E-state index in [1.54, 1.807) is 25.6 Å². The van der Waals surface area contributed by atoms with Gasteiger partial charge in [0, 0.05) is 31.5 Å². The number of imidazole rings is 1. The Labute approximate surface area is 175 Å². The van der Waals surface area contributed by atoms with Gasteiger partial charge in [-0.15, -0.1) is 0 Å². The smallest absolute Gasteiger partial charge is 0.275 e. The number of rotatable bonds is 6. The zero-order valence-electron chi connectivity index (χ0n) is 17.3. The van der Waals surface area contributed by atoms with Crippen molar-refractivity contribution in [3.63, 3.8) is 0 Å². The van der Waals surface area contributed by atoms with Crippen molar-refractivity contribution in [2.75, 3.05) is 30.4 Å². The fraction of sp³-hybridized carbons (Fsp3) is 0.455. The Hall–Kier alpha value is -3.16. The lowest BCUT2D eigenvalue weighted by atomic mass is 10.0. The molecule has 1 N–H and O–H groups in total. The number of ether oxygens (including phenoxy) is 1. The predicted octanol–water partition coefficient (Wildman–Crippen LogP) is 3.32. The van der Waals surface area contributed by atoms with Crippen LogP contribution in [0.5, 0.6) is 5.75 Å².